The van der Waals surface area contributed by atoms with Crippen LogP contribution in [0.3, 0.4) is 0 Å². The van der Waals surface area contributed by atoms with Crippen LogP contribution in [-0.2, 0) is 17.4 Å². The van der Waals surface area contributed by atoms with Crippen molar-refractivity contribution < 1.29 is 14.8 Å². The van der Waals surface area contributed by atoms with Crippen molar-refractivity contribution in [2.45, 2.75) is 0 Å². The number of nitrogens with zero attached hydrogens (tertiary/aromatic N) is 2. The Morgan fingerprint density at radius 3 is 2.55 bits per heavy atom. The van der Waals surface area contributed by atoms with Gasteiger partial charge in [0.05, 0.1) is 26.3 Å². The number of hydrogen-bond acceptors (Lipinski definition) is 6. The molecular formula is C12H18N4O2S2. The van der Waals surface area contributed by atoms with E-state index in [1.807, 2.05) is 0 Å². The molecule has 0 aliphatic carbocycles. The molecule has 2 heterocycles. The van der Waals surface area contributed by atoms with Gasteiger partial charge in [-0.15, -0.1) is 11.8 Å². The van der Waals surface area contributed by atoms with Crippen LogP contribution in [0.25, 0.3) is 0 Å². The average molecular weight is 314 g/mol. The van der Waals surface area contributed by atoms with Gasteiger partial charge in [-0.1, -0.05) is 0 Å². The molecule has 20 heavy (non-hydrogen) atoms. The number of amides is 1. The van der Waals surface area contributed by atoms with Gasteiger partial charge < -0.3 is 22.7 Å². The molecule has 1 fully saturated rings. The Kier molecular flexibility index (Phi) is 8.88. The molecule has 1 aliphatic heterocycles. The number of morpholine rings is 1. The van der Waals surface area contributed by atoms with Gasteiger partial charge in [-0.2, -0.15) is 5.10 Å². The predicted molar refractivity (Wildman–Crippen MR) is 82.5 cm³/mol. The highest BCUT2D eigenvalue weighted by Gasteiger charge is 2.01. The summed E-state index contributed by atoms with van der Waals surface area (Å²) in [6.45, 7) is 4.19. The van der Waals surface area contributed by atoms with Crippen molar-refractivity contribution in [1.82, 2.24) is 10.4 Å². The minimum absolute atomic E-state index is 0.288. The Balaban J connectivity index is 0.000000276. The van der Waals surface area contributed by atoms with Crippen molar-refractivity contribution in [2.24, 2.45) is 5.10 Å². The predicted octanol–water partition coefficient (Wildman–Crippen LogP) is -0.428. The summed E-state index contributed by atoms with van der Waals surface area (Å²) in [5.41, 5.74) is 2.85. The lowest BCUT2D eigenvalue weighted by Gasteiger charge is -2.07. The molecule has 6 nitrogen and oxygen atoms in total. The zero-order valence-electron chi connectivity index (χ0n) is 11.2. The van der Waals surface area contributed by atoms with Crippen LogP contribution in [0.5, 0.6) is 0 Å². The molecule has 0 aromatic carbocycles. The maximum absolute atomic E-state index is 11.4. The Bertz CT molecular complexity index is 413. The fraction of sp³-hybridized carbons (Fsp3) is 0.417. The zero-order valence-corrected chi connectivity index (χ0v) is 12.9. The molecule has 1 amide bonds. The molecule has 0 bridgehead atoms. The number of quaternary nitrogens is 1. The van der Waals surface area contributed by atoms with Gasteiger partial charge in [-0.25, -0.2) is 5.43 Å². The second kappa shape index (κ2) is 10.6. The quantitative estimate of drug-likeness (QED) is 0.335. The molecule has 2 rings (SSSR count). The highest BCUT2D eigenvalue weighted by molar-refractivity contribution is 8.26. The van der Waals surface area contributed by atoms with Crippen LogP contribution in [0.1, 0.15) is 10.4 Å². The SMILES string of the molecule is C1COCC[NH2+]1.CS/C([S-])=N\NC(=O)c1ccncc1. The molecule has 1 aromatic heterocycles. The molecule has 0 saturated carbocycles. The largest absolute Gasteiger partial charge is 0.752 e. The van der Waals surface area contributed by atoms with E-state index in [-0.39, 0.29) is 5.91 Å². The first-order valence-corrected chi connectivity index (χ1v) is 7.76. The van der Waals surface area contributed by atoms with Crippen molar-refractivity contribution in [3.05, 3.63) is 30.1 Å². The van der Waals surface area contributed by atoms with Crippen LogP contribution in [0.4, 0.5) is 0 Å². The minimum Gasteiger partial charge on any atom is -0.752 e. The van der Waals surface area contributed by atoms with E-state index >= 15 is 0 Å². The highest BCUT2D eigenvalue weighted by atomic mass is 32.2. The Labute approximate surface area is 128 Å². The minimum atomic E-state index is -0.288. The number of nitrogens with one attached hydrogen (secondary N) is 1. The molecule has 0 radical (unpaired) electrons. The van der Waals surface area contributed by atoms with Gasteiger partial charge in [0.25, 0.3) is 5.91 Å². The molecule has 110 valence electrons. The normalized spacial score (nSPS) is 14.9. The van der Waals surface area contributed by atoms with E-state index in [1.54, 1.807) is 30.8 Å². The summed E-state index contributed by atoms with van der Waals surface area (Å²) in [6.07, 6.45) is 4.88. The molecule has 8 heteroatoms. The van der Waals surface area contributed by atoms with Crippen molar-refractivity contribution in [2.75, 3.05) is 32.6 Å². The lowest BCUT2D eigenvalue weighted by molar-refractivity contribution is -0.670. The van der Waals surface area contributed by atoms with Crippen molar-refractivity contribution in [3.8, 4) is 0 Å². The Morgan fingerprint density at radius 1 is 1.45 bits per heavy atom. The van der Waals surface area contributed by atoms with E-state index < -0.39 is 0 Å². The van der Waals surface area contributed by atoms with Crippen LogP contribution in [0.15, 0.2) is 29.6 Å². The molecule has 0 spiro atoms. The van der Waals surface area contributed by atoms with Crippen molar-refractivity contribution in [1.29, 1.82) is 0 Å². The third kappa shape index (κ3) is 7.39. The number of hydrogen-bond donors (Lipinski definition) is 2. The maximum atomic E-state index is 11.4. The molecule has 1 aliphatic rings. The number of ether oxygens (including phenoxy) is 1. The molecular weight excluding hydrogens is 296 g/mol. The molecule has 3 N–H and O–H groups in total. The monoisotopic (exact) mass is 314 g/mol. The molecule has 1 saturated heterocycles. The smallest absolute Gasteiger partial charge is 0.271 e. The van der Waals surface area contributed by atoms with Crippen LogP contribution in [0, 0.1) is 0 Å². The first kappa shape index (κ1) is 16.8. The first-order valence-electron chi connectivity index (χ1n) is 6.12. The summed E-state index contributed by atoms with van der Waals surface area (Å²) in [7, 11) is 0. The third-order valence-electron chi connectivity index (χ3n) is 2.30. The van der Waals surface area contributed by atoms with Crippen molar-refractivity contribution >= 4 is 34.7 Å². The summed E-state index contributed by atoms with van der Waals surface area (Å²) in [6, 6.07) is 3.21. The van der Waals surface area contributed by atoms with Gasteiger partial charge in [-0.05, 0) is 22.8 Å². The van der Waals surface area contributed by atoms with Gasteiger partial charge in [0, 0.05) is 18.0 Å². The van der Waals surface area contributed by atoms with Crippen LogP contribution in [0.2, 0.25) is 0 Å². The maximum Gasteiger partial charge on any atom is 0.271 e. The number of carbonyl (C=O) groups is 1. The van der Waals surface area contributed by atoms with E-state index in [9.17, 15) is 4.79 Å². The third-order valence-corrected chi connectivity index (χ3v) is 3.33. The fourth-order valence-electron chi connectivity index (χ4n) is 1.29. The van der Waals surface area contributed by atoms with Gasteiger partial charge in [0.1, 0.15) is 0 Å². The van der Waals surface area contributed by atoms with Crippen LogP contribution in [-0.4, -0.2) is 47.8 Å². The van der Waals surface area contributed by atoms with Crippen LogP contribution >= 0.6 is 11.8 Å². The van der Waals surface area contributed by atoms with E-state index in [4.69, 9.17) is 17.4 Å². The van der Waals surface area contributed by atoms with Gasteiger partial charge in [-0.3, -0.25) is 9.78 Å². The van der Waals surface area contributed by atoms with Gasteiger partial charge in [0.2, 0.25) is 0 Å². The summed E-state index contributed by atoms with van der Waals surface area (Å²) in [4.78, 5) is 15.2. The lowest BCUT2D eigenvalue weighted by atomic mass is 10.3. The number of pyridine rings is 1. The summed E-state index contributed by atoms with van der Waals surface area (Å²) >= 11 is 6.09. The molecule has 1 aromatic rings. The fourth-order valence-corrected chi connectivity index (χ4v) is 1.47. The average Bonchev–Trinajstić information content (AvgIpc) is 2.55. The number of carbonyl (C=O) groups excluding carboxylic acids is 1. The number of aromatic nitrogens is 1. The highest BCUT2D eigenvalue weighted by Crippen LogP contribution is 1.97. The van der Waals surface area contributed by atoms with E-state index in [1.165, 1.54) is 11.8 Å². The number of hydrazone groups is 1. The Hall–Kier alpha value is -1.22. The van der Waals surface area contributed by atoms with E-state index in [0.717, 1.165) is 26.3 Å². The summed E-state index contributed by atoms with van der Waals surface area (Å²) in [5.74, 6) is -0.288. The lowest BCUT2D eigenvalue weighted by Crippen LogP contribution is -2.87. The summed E-state index contributed by atoms with van der Waals surface area (Å²) < 4.78 is 5.43. The first-order chi connectivity index (χ1) is 9.74. The zero-order chi connectivity index (χ0) is 14.6. The van der Waals surface area contributed by atoms with Crippen molar-refractivity contribution in [3.63, 3.8) is 0 Å². The van der Waals surface area contributed by atoms with Gasteiger partial charge >= 0.3 is 0 Å². The topological polar surface area (TPSA) is 80.2 Å². The second-order valence-electron chi connectivity index (χ2n) is 3.74. The second-order valence-corrected chi connectivity index (χ2v) is 5.18. The molecule has 0 atom stereocenters. The van der Waals surface area contributed by atoms with Crippen LogP contribution < -0.4 is 10.7 Å². The number of nitrogens with two attached hydrogens (primary N) is 1. The molecule has 0 unspecified atom stereocenters. The summed E-state index contributed by atoms with van der Waals surface area (Å²) in [5, 5.41) is 5.96. The Morgan fingerprint density at radius 2 is 2.10 bits per heavy atom. The van der Waals surface area contributed by atoms with E-state index in [2.05, 4.69) is 20.8 Å². The number of thioether (sulfide) groups is 1. The number of rotatable bonds is 2. The van der Waals surface area contributed by atoms with E-state index in [0.29, 0.717) is 9.94 Å². The van der Waals surface area contributed by atoms with Gasteiger partial charge in [0.15, 0.2) is 0 Å². The standard InChI is InChI=1S/C8H9N3OS2.C4H9NO/c1-14-8(13)11-10-7(12)6-2-4-9-5-3-6;1-3-6-4-2-5-1/h2-5H,1H3,(H,10,12)(H,11,13);5H,1-4H2.